The van der Waals surface area contributed by atoms with E-state index in [1.54, 1.807) is 6.07 Å². The number of aliphatic carboxylic acids is 1. The minimum atomic E-state index is -4.60. The van der Waals surface area contributed by atoms with Crippen LogP contribution in [0, 0.1) is 23.2 Å². The highest BCUT2D eigenvalue weighted by molar-refractivity contribution is 5.72. The molecule has 1 aliphatic heterocycles. The zero-order valence-electron chi connectivity index (χ0n) is 11.9. The van der Waals surface area contributed by atoms with E-state index in [2.05, 4.69) is 0 Å². The predicted octanol–water partition coefficient (Wildman–Crippen LogP) is 3.12. The lowest BCUT2D eigenvalue weighted by Crippen LogP contribution is -2.43. The maximum Gasteiger partial charge on any atom is 0.418 e. The Kier molecular flexibility index (Phi) is 4.31. The molecule has 7 heteroatoms. The van der Waals surface area contributed by atoms with Gasteiger partial charge in [-0.05, 0) is 30.5 Å². The molecule has 1 aromatic carbocycles. The Morgan fingerprint density at radius 2 is 2.09 bits per heavy atom. The second kappa shape index (κ2) is 5.87. The summed E-state index contributed by atoms with van der Waals surface area (Å²) in [6.45, 7) is 2.21. The summed E-state index contributed by atoms with van der Waals surface area (Å²) in [6.07, 6.45) is -4.15. The van der Waals surface area contributed by atoms with Gasteiger partial charge >= 0.3 is 12.1 Å². The number of carbonyl (C=O) groups is 1. The largest absolute Gasteiger partial charge is 0.481 e. The number of benzene rings is 1. The third kappa shape index (κ3) is 3.32. The topological polar surface area (TPSA) is 64.3 Å². The van der Waals surface area contributed by atoms with Gasteiger partial charge in [-0.25, -0.2) is 0 Å². The maximum atomic E-state index is 13.2. The normalized spacial score (nSPS) is 22.2. The number of anilines is 1. The van der Waals surface area contributed by atoms with E-state index in [4.69, 9.17) is 10.4 Å². The number of hydrogen-bond acceptors (Lipinski definition) is 3. The first-order valence-corrected chi connectivity index (χ1v) is 6.81. The van der Waals surface area contributed by atoms with Crippen LogP contribution < -0.4 is 4.90 Å². The minimum Gasteiger partial charge on any atom is -0.481 e. The number of nitriles is 1. The van der Waals surface area contributed by atoms with Gasteiger partial charge in [0.15, 0.2) is 0 Å². The zero-order chi connectivity index (χ0) is 16.5. The van der Waals surface area contributed by atoms with Crippen LogP contribution in [0.3, 0.4) is 0 Å². The molecule has 4 nitrogen and oxygen atoms in total. The molecule has 2 unspecified atom stereocenters. The van der Waals surface area contributed by atoms with Crippen molar-refractivity contribution in [3.63, 3.8) is 0 Å². The van der Waals surface area contributed by atoms with E-state index in [1.165, 1.54) is 17.0 Å². The van der Waals surface area contributed by atoms with Crippen LogP contribution in [0.1, 0.15) is 24.5 Å². The second-order valence-corrected chi connectivity index (χ2v) is 5.62. The maximum absolute atomic E-state index is 13.2. The Bertz CT molecular complexity index is 622. The molecule has 2 atom stereocenters. The van der Waals surface area contributed by atoms with Gasteiger partial charge in [-0.15, -0.1) is 0 Å². The molecule has 0 amide bonds. The molecule has 0 aromatic heterocycles. The molecule has 1 N–H and O–H groups in total. The van der Waals surface area contributed by atoms with Crippen LogP contribution in [0.4, 0.5) is 18.9 Å². The Hall–Kier alpha value is -2.23. The molecule has 118 valence electrons. The van der Waals surface area contributed by atoms with Gasteiger partial charge in [-0.2, -0.15) is 18.4 Å². The van der Waals surface area contributed by atoms with Crippen molar-refractivity contribution in [3.05, 3.63) is 29.3 Å². The molecule has 2 rings (SSSR count). The average molecular weight is 312 g/mol. The smallest absolute Gasteiger partial charge is 0.418 e. The number of piperidine rings is 1. The highest BCUT2D eigenvalue weighted by Gasteiger charge is 2.37. The fourth-order valence-corrected chi connectivity index (χ4v) is 2.84. The van der Waals surface area contributed by atoms with E-state index in [9.17, 15) is 18.0 Å². The van der Waals surface area contributed by atoms with Crippen LogP contribution in [-0.4, -0.2) is 24.2 Å². The Morgan fingerprint density at radius 3 is 2.64 bits per heavy atom. The number of hydrogen-bond donors (Lipinski definition) is 1. The highest BCUT2D eigenvalue weighted by atomic mass is 19.4. The molecule has 1 saturated heterocycles. The summed E-state index contributed by atoms with van der Waals surface area (Å²) in [4.78, 5) is 12.6. The molecular weight excluding hydrogens is 297 g/mol. The van der Waals surface area contributed by atoms with Gasteiger partial charge < -0.3 is 10.0 Å². The van der Waals surface area contributed by atoms with E-state index in [-0.39, 0.29) is 23.7 Å². The van der Waals surface area contributed by atoms with Crippen molar-refractivity contribution < 1.29 is 23.1 Å². The van der Waals surface area contributed by atoms with Crippen LogP contribution in [0.2, 0.25) is 0 Å². The first-order chi connectivity index (χ1) is 10.2. The van der Waals surface area contributed by atoms with Gasteiger partial charge in [0.25, 0.3) is 0 Å². The average Bonchev–Trinajstić information content (AvgIpc) is 2.45. The Morgan fingerprint density at radius 1 is 1.41 bits per heavy atom. The molecule has 1 aromatic rings. The fourth-order valence-electron chi connectivity index (χ4n) is 2.84. The van der Waals surface area contributed by atoms with E-state index in [0.717, 1.165) is 6.07 Å². The Labute approximate surface area is 125 Å². The molecular formula is C15H15F3N2O2. The highest BCUT2D eigenvalue weighted by Crippen LogP contribution is 2.39. The number of halogens is 3. The molecule has 0 radical (unpaired) electrons. The van der Waals surface area contributed by atoms with Gasteiger partial charge in [0, 0.05) is 18.8 Å². The third-order valence-corrected chi connectivity index (χ3v) is 3.78. The summed E-state index contributed by atoms with van der Waals surface area (Å²) in [5.74, 6) is -1.72. The van der Waals surface area contributed by atoms with Crippen molar-refractivity contribution in [2.24, 2.45) is 11.8 Å². The van der Waals surface area contributed by atoms with Crippen LogP contribution in [0.25, 0.3) is 0 Å². The Balaban J connectivity index is 2.43. The summed E-state index contributed by atoms with van der Waals surface area (Å²) < 4.78 is 39.7. The van der Waals surface area contributed by atoms with Gasteiger partial charge in [0.05, 0.1) is 23.1 Å². The molecule has 1 fully saturated rings. The van der Waals surface area contributed by atoms with Crippen molar-refractivity contribution in [2.45, 2.75) is 19.5 Å². The predicted molar refractivity (Wildman–Crippen MR) is 73.3 cm³/mol. The standard InChI is InChI=1S/C15H15F3N2O2/c1-9-4-11(14(21)22)8-20(7-9)13-3-2-10(6-19)5-12(13)15(16,17)18/h2-3,5,9,11H,4,7-8H2,1H3,(H,21,22). The van der Waals surface area contributed by atoms with Crippen molar-refractivity contribution >= 4 is 11.7 Å². The van der Waals surface area contributed by atoms with Crippen LogP contribution in [-0.2, 0) is 11.0 Å². The number of carboxylic acids is 1. The number of carboxylic acid groups (broad SMARTS) is 1. The molecule has 1 aliphatic rings. The first-order valence-electron chi connectivity index (χ1n) is 6.81. The van der Waals surface area contributed by atoms with Crippen LogP contribution in [0.5, 0.6) is 0 Å². The van der Waals surface area contributed by atoms with E-state index in [1.807, 2.05) is 6.92 Å². The molecule has 22 heavy (non-hydrogen) atoms. The van der Waals surface area contributed by atoms with E-state index >= 15 is 0 Å². The summed E-state index contributed by atoms with van der Waals surface area (Å²) in [5.41, 5.74) is -1.04. The van der Waals surface area contributed by atoms with Gasteiger partial charge in [0.2, 0.25) is 0 Å². The van der Waals surface area contributed by atoms with E-state index in [0.29, 0.717) is 13.0 Å². The van der Waals surface area contributed by atoms with Crippen molar-refractivity contribution in [1.29, 1.82) is 5.26 Å². The third-order valence-electron chi connectivity index (χ3n) is 3.78. The molecule has 0 spiro atoms. The lowest BCUT2D eigenvalue weighted by Gasteiger charge is -2.37. The van der Waals surface area contributed by atoms with Gasteiger partial charge in [-0.3, -0.25) is 4.79 Å². The van der Waals surface area contributed by atoms with Crippen molar-refractivity contribution in [3.8, 4) is 6.07 Å². The summed E-state index contributed by atoms with van der Waals surface area (Å²) in [6, 6.07) is 5.07. The van der Waals surface area contributed by atoms with Crippen LogP contribution in [0.15, 0.2) is 18.2 Å². The van der Waals surface area contributed by atoms with Gasteiger partial charge in [0.1, 0.15) is 0 Å². The monoisotopic (exact) mass is 312 g/mol. The van der Waals surface area contributed by atoms with Crippen molar-refractivity contribution in [1.82, 2.24) is 0 Å². The van der Waals surface area contributed by atoms with Gasteiger partial charge in [-0.1, -0.05) is 6.92 Å². The van der Waals surface area contributed by atoms with E-state index < -0.39 is 23.6 Å². The van der Waals surface area contributed by atoms with Crippen LogP contribution >= 0.6 is 0 Å². The summed E-state index contributed by atoms with van der Waals surface area (Å²) in [7, 11) is 0. The summed E-state index contributed by atoms with van der Waals surface area (Å²) in [5, 5.41) is 17.9. The number of alkyl halides is 3. The van der Waals surface area contributed by atoms with Crippen molar-refractivity contribution in [2.75, 3.05) is 18.0 Å². The SMILES string of the molecule is CC1CC(C(=O)O)CN(c2ccc(C#N)cc2C(F)(F)F)C1. The molecule has 0 bridgehead atoms. The zero-order valence-corrected chi connectivity index (χ0v) is 11.9. The summed E-state index contributed by atoms with van der Waals surface area (Å²) >= 11 is 0. The lowest BCUT2D eigenvalue weighted by atomic mass is 9.89. The lowest BCUT2D eigenvalue weighted by molar-refractivity contribution is -0.142. The molecule has 0 saturated carbocycles. The molecule has 0 aliphatic carbocycles. The minimum absolute atomic E-state index is 0.0217. The quantitative estimate of drug-likeness (QED) is 0.911. The number of nitrogens with zero attached hydrogens (tertiary/aromatic N) is 2. The fraction of sp³-hybridized carbons (Fsp3) is 0.467. The second-order valence-electron chi connectivity index (χ2n) is 5.62. The first kappa shape index (κ1) is 16.1. The number of rotatable bonds is 2. The molecule has 1 heterocycles.